The normalized spacial score (nSPS) is 8.61. The van der Waals surface area contributed by atoms with Crippen molar-refractivity contribution in [3.8, 4) is 0 Å². The number of amides is 2. The summed E-state index contributed by atoms with van der Waals surface area (Å²) in [6, 6.07) is 0. The first-order valence-electron chi connectivity index (χ1n) is 5.80. The number of nitrogens with one attached hydrogen (secondary N) is 1. The molecule has 3 N–H and O–H groups in total. The molecule has 0 atom stereocenters. The van der Waals surface area contributed by atoms with Gasteiger partial charge in [0.2, 0.25) is 0 Å². The average molecular weight is 297 g/mol. The fraction of sp³-hybridized carbons (Fsp3) is 0.818. The van der Waals surface area contributed by atoms with Crippen LogP contribution in [0.1, 0.15) is 32.6 Å². The highest BCUT2D eigenvalue weighted by molar-refractivity contribution is 7.96. The van der Waals surface area contributed by atoms with Crippen LogP contribution in [0, 0.1) is 0 Å². The Hall–Kier alpha value is -0.400. The predicted octanol–water partition coefficient (Wildman–Crippen LogP) is 2.38. The minimum absolute atomic E-state index is 0.225. The van der Waals surface area contributed by atoms with E-state index in [0.29, 0.717) is 0 Å². The fourth-order valence-electron chi connectivity index (χ4n) is 0.747. The molecule has 0 radical (unpaired) electrons. The summed E-state index contributed by atoms with van der Waals surface area (Å²) in [5.74, 6) is 0. The van der Waals surface area contributed by atoms with E-state index in [1.807, 2.05) is 26.0 Å². The molecule has 0 aliphatic rings. The zero-order chi connectivity index (χ0) is 15.0. The van der Waals surface area contributed by atoms with Gasteiger partial charge < -0.3 is 16.0 Å². The van der Waals surface area contributed by atoms with E-state index < -0.39 is 5.24 Å². The largest absolute Gasteiger partial charge is 0.361 e. The van der Waals surface area contributed by atoms with Gasteiger partial charge >= 0.3 is 0 Å². The van der Waals surface area contributed by atoms with E-state index in [2.05, 4.69) is 43.2 Å². The van der Waals surface area contributed by atoms with Crippen LogP contribution in [0.15, 0.2) is 0 Å². The lowest BCUT2D eigenvalue weighted by atomic mass is 10.2. The van der Waals surface area contributed by atoms with Crippen molar-refractivity contribution in [2.75, 3.05) is 27.7 Å². The van der Waals surface area contributed by atoms with E-state index in [1.165, 1.54) is 19.3 Å². The molecule has 110 valence electrons. The van der Waals surface area contributed by atoms with Crippen LogP contribution in [0.4, 0.5) is 9.59 Å². The Morgan fingerprint density at radius 2 is 1.50 bits per heavy atom. The van der Waals surface area contributed by atoms with Crippen molar-refractivity contribution in [1.82, 2.24) is 10.2 Å². The van der Waals surface area contributed by atoms with Crippen LogP contribution in [-0.2, 0) is 0 Å². The number of nitrogens with two attached hydrogens (primary N) is 1. The topological polar surface area (TPSA) is 75.4 Å². The monoisotopic (exact) mass is 297 g/mol. The number of unbranched alkanes of at least 4 members (excludes halogenated alkanes) is 3. The van der Waals surface area contributed by atoms with Gasteiger partial charge in [0.25, 0.3) is 10.5 Å². The Bertz CT molecular complexity index is 196. The molecule has 0 aliphatic heterocycles. The van der Waals surface area contributed by atoms with Crippen LogP contribution in [-0.4, -0.2) is 43.1 Å². The molecule has 0 saturated carbocycles. The quantitative estimate of drug-likeness (QED) is 0.465. The first-order valence-corrected chi connectivity index (χ1v) is 6.69. The Balaban J connectivity index is -0.000000233. The maximum Gasteiger partial charge on any atom is 0.275 e. The van der Waals surface area contributed by atoms with E-state index in [4.69, 9.17) is 4.79 Å². The number of hydrogen-bond donors (Lipinski definition) is 4. The standard InChI is InChI=1S/C7H15NOS.C3H9N.CH3NOS/c1-2-3-4-5-6-8-7(9)10;1-4(2)3;2-1(3)4/h2-6H2,1H3,(H2,8,9,10);1-3H3;(H3,2,3,4). The first kappa shape index (κ1) is 22.8. The van der Waals surface area contributed by atoms with Crippen molar-refractivity contribution >= 4 is 35.7 Å². The van der Waals surface area contributed by atoms with Gasteiger partial charge in [0.1, 0.15) is 0 Å². The summed E-state index contributed by atoms with van der Waals surface area (Å²) in [5, 5.41) is 1.77. The molecule has 0 saturated heterocycles. The summed E-state index contributed by atoms with van der Waals surface area (Å²) in [5.41, 5.74) is 4.34. The van der Waals surface area contributed by atoms with Crippen molar-refractivity contribution < 1.29 is 9.59 Å². The van der Waals surface area contributed by atoms with Gasteiger partial charge in [0.05, 0.1) is 0 Å². The summed E-state index contributed by atoms with van der Waals surface area (Å²) in [6.45, 7) is 2.93. The molecule has 18 heavy (non-hydrogen) atoms. The molecule has 0 rings (SSSR count). The van der Waals surface area contributed by atoms with E-state index in [0.717, 1.165) is 13.0 Å². The van der Waals surface area contributed by atoms with Crippen LogP contribution in [0.3, 0.4) is 0 Å². The second-order valence-corrected chi connectivity index (χ2v) is 4.82. The number of primary amides is 1. The third-order valence-electron chi connectivity index (χ3n) is 1.31. The molecule has 2 amide bonds. The number of carbonyl (C=O) groups excluding carboxylic acids is 2. The lowest BCUT2D eigenvalue weighted by Crippen LogP contribution is -2.17. The molecule has 0 spiro atoms. The van der Waals surface area contributed by atoms with Crippen molar-refractivity contribution in [3.63, 3.8) is 0 Å². The van der Waals surface area contributed by atoms with Gasteiger partial charge in [-0.1, -0.05) is 51.4 Å². The summed E-state index contributed by atoms with van der Waals surface area (Å²) >= 11 is 6.68. The van der Waals surface area contributed by atoms with E-state index in [-0.39, 0.29) is 5.24 Å². The van der Waals surface area contributed by atoms with Gasteiger partial charge in [-0.25, -0.2) is 0 Å². The highest BCUT2D eigenvalue weighted by Gasteiger charge is 1.90. The molecule has 0 aromatic heterocycles. The molecule has 5 nitrogen and oxygen atoms in total. The number of rotatable bonds is 5. The van der Waals surface area contributed by atoms with Gasteiger partial charge in [-0.15, -0.1) is 0 Å². The van der Waals surface area contributed by atoms with Crippen LogP contribution in [0.2, 0.25) is 0 Å². The molecule has 0 aromatic rings. The second kappa shape index (κ2) is 19.0. The molecule has 0 bridgehead atoms. The lowest BCUT2D eigenvalue weighted by molar-refractivity contribution is 0.260. The Morgan fingerprint density at radius 3 is 1.78 bits per heavy atom. The highest BCUT2D eigenvalue weighted by Crippen LogP contribution is 1.96. The zero-order valence-corrected chi connectivity index (χ0v) is 13.6. The SMILES string of the molecule is CCCCCCNC(=O)S.CN(C)C.NC(=O)S. The van der Waals surface area contributed by atoms with E-state index in [9.17, 15) is 4.79 Å². The van der Waals surface area contributed by atoms with Gasteiger partial charge in [0.15, 0.2) is 0 Å². The lowest BCUT2D eigenvalue weighted by Gasteiger charge is -1.98. The molecule has 0 aliphatic carbocycles. The number of thiol groups is 2. The maximum atomic E-state index is 10.2. The number of hydrogen-bond acceptors (Lipinski definition) is 3. The summed E-state index contributed by atoms with van der Waals surface area (Å²) < 4.78 is 0. The van der Waals surface area contributed by atoms with Gasteiger partial charge in [-0.05, 0) is 27.6 Å². The molecule has 0 fully saturated rings. The van der Waals surface area contributed by atoms with E-state index in [1.54, 1.807) is 0 Å². The zero-order valence-electron chi connectivity index (χ0n) is 11.8. The fourth-order valence-corrected chi connectivity index (χ4v) is 0.859. The van der Waals surface area contributed by atoms with E-state index >= 15 is 0 Å². The Labute approximate surface area is 122 Å². The second-order valence-electron chi connectivity index (χ2n) is 3.97. The molecule has 7 heteroatoms. The summed E-state index contributed by atoms with van der Waals surface area (Å²) in [4.78, 5) is 21.3. The van der Waals surface area contributed by atoms with Gasteiger partial charge in [-0.2, -0.15) is 0 Å². The van der Waals surface area contributed by atoms with Crippen molar-refractivity contribution in [2.45, 2.75) is 32.6 Å². The third kappa shape index (κ3) is 76.3. The molecule has 0 heterocycles. The number of carbonyl (C=O) groups is 2. The van der Waals surface area contributed by atoms with Crippen LogP contribution in [0.25, 0.3) is 0 Å². The number of nitrogens with zero attached hydrogens (tertiary/aromatic N) is 1. The van der Waals surface area contributed by atoms with Crippen LogP contribution < -0.4 is 11.1 Å². The first-order chi connectivity index (χ1) is 8.23. The summed E-state index contributed by atoms with van der Waals surface area (Å²) in [7, 11) is 6.00. The van der Waals surface area contributed by atoms with Crippen LogP contribution in [0.5, 0.6) is 0 Å². The molecule has 0 unspecified atom stereocenters. The maximum absolute atomic E-state index is 10.2. The van der Waals surface area contributed by atoms with Gasteiger partial charge in [0, 0.05) is 6.54 Å². The van der Waals surface area contributed by atoms with Gasteiger partial charge in [-0.3, -0.25) is 9.59 Å². The minimum Gasteiger partial charge on any atom is -0.361 e. The van der Waals surface area contributed by atoms with Crippen molar-refractivity contribution in [2.24, 2.45) is 5.73 Å². The average Bonchev–Trinajstić information content (AvgIpc) is 2.15. The highest BCUT2D eigenvalue weighted by atomic mass is 32.1. The van der Waals surface area contributed by atoms with Crippen molar-refractivity contribution in [3.05, 3.63) is 0 Å². The smallest absolute Gasteiger partial charge is 0.275 e. The third-order valence-corrected chi connectivity index (χ3v) is 1.46. The van der Waals surface area contributed by atoms with Crippen LogP contribution >= 0.6 is 25.3 Å². The molecular formula is C11H27N3O2S2. The predicted molar refractivity (Wildman–Crippen MR) is 84.7 cm³/mol. The Morgan fingerprint density at radius 1 is 1.11 bits per heavy atom. The summed E-state index contributed by atoms with van der Waals surface area (Å²) in [6.07, 6.45) is 4.75. The minimum atomic E-state index is -0.639. The Kier molecular flexibility index (Phi) is 24.0. The molecule has 0 aromatic carbocycles. The molecular weight excluding hydrogens is 270 g/mol. The van der Waals surface area contributed by atoms with Crippen molar-refractivity contribution in [1.29, 1.82) is 0 Å².